The summed E-state index contributed by atoms with van der Waals surface area (Å²) in [6.07, 6.45) is 6.96. The van der Waals surface area contributed by atoms with Crippen LogP contribution >= 0.6 is 11.3 Å². The first-order valence-electron chi connectivity index (χ1n) is 7.34. The summed E-state index contributed by atoms with van der Waals surface area (Å²) < 4.78 is 0. The van der Waals surface area contributed by atoms with Gasteiger partial charge in [0.2, 0.25) is 5.13 Å². The van der Waals surface area contributed by atoms with Crippen molar-refractivity contribution in [1.82, 2.24) is 14.8 Å². The van der Waals surface area contributed by atoms with Crippen LogP contribution < -0.4 is 0 Å². The van der Waals surface area contributed by atoms with Crippen LogP contribution in [0.15, 0.2) is 4.99 Å². The molecule has 3 rings (SSSR count). The molecule has 2 heterocycles. The second-order valence-corrected chi connectivity index (χ2v) is 6.35. The number of fused-ring (bicyclic) bond motifs is 1. The van der Waals surface area contributed by atoms with Crippen LogP contribution in [0, 0.1) is 0 Å². The van der Waals surface area contributed by atoms with Gasteiger partial charge in [-0.05, 0) is 32.2 Å². The summed E-state index contributed by atoms with van der Waals surface area (Å²) in [5.41, 5.74) is 1.30. The Hall–Kier alpha value is -0.940. The molecule has 1 aromatic heterocycles. The zero-order valence-electron chi connectivity index (χ0n) is 11.6. The van der Waals surface area contributed by atoms with Crippen LogP contribution in [0.25, 0.3) is 0 Å². The van der Waals surface area contributed by atoms with E-state index in [2.05, 4.69) is 26.7 Å². The molecule has 1 aliphatic heterocycles. The van der Waals surface area contributed by atoms with Crippen molar-refractivity contribution in [3.63, 3.8) is 0 Å². The molecule has 104 valence electrons. The van der Waals surface area contributed by atoms with Gasteiger partial charge in [0, 0.05) is 31.1 Å². The Morgan fingerprint density at radius 3 is 2.74 bits per heavy atom. The number of hydrogen-bond acceptors (Lipinski definition) is 4. The summed E-state index contributed by atoms with van der Waals surface area (Å²) >= 11 is 1.78. The van der Waals surface area contributed by atoms with Gasteiger partial charge in [-0.15, -0.1) is 0 Å². The third kappa shape index (κ3) is 3.15. The van der Waals surface area contributed by atoms with Crippen LogP contribution in [0.4, 0.5) is 5.13 Å². The van der Waals surface area contributed by atoms with Gasteiger partial charge in [0.05, 0.1) is 12.0 Å². The maximum atomic E-state index is 4.65. The highest BCUT2D eigenvalue weighted by Gasteiger charge is 2.15. The minimum atomic E-state index is 0.949. The van der Waals surface area contributed by atoms with Crippen LogP contribution in [0.2, 0.25) is 0 Å². The zero-order valence-corrected chi connectivity index (χ0v) is 12.5. The van der Waals surface area contributed by atoms with Crippen LogP contribution in [0.3, 0.4) is 0 Å². The molecule has 2 aliphatic rings. The van der Waals surface area contributed by atoms with Crippen molar-refractivity contribution in [3.8, 4) is 0 Å². The highest BCUT2D eigenvalue weighted by molar-refractivity contribution is 7.15. The smallest absolute Gasteiger partial charge is 0.210 e. The number of aryl methyl sites for hydroxylation is 2. The molecule has 1 aromatic rings. The largest absolute Gasteiger partial charge is 0.360 e. The minimum Gasteiger partial charge on any atom is -0.360 e. The van der Waals surface area contributed by atoms with Gasteiger partial charge in [0.1, 0.15) is 0 Å². The van der Waals surface area contributed by atoms with Crippen molar-refractivity contribution >= 4 is 22.8 Å². The molecular formula is C14H22N4S. The molecule has 1 saturated heterocycles. The van der Waals surface area contributed by atoms with Crippen LogP contribution in [-0.2, 0) is 12.8 Å². The zero-order chi connectivity index (χ0) is 13.1. The molecule has 19 heavy (non-hydrogen) atoms. The van der Waals surface area contributed by atoms with E-state index in [9.17, 15) is 0 Å². The summed E-state index contributed by atoms with van der Waals surface area (Å²) in [4.78, 5) is 15.5. The van der Waals surface area contributed by atoms with E-state index in [0.717, 1.165) is 44.3 Å². The van der Waals surface area contributed by atoms with Gasteiger partial charge < -0.3 is 9.80 Å². The van der Waals surface area contributed by atoms with E-state index in [0.29, 0.717) is 0 Å². The Labute approximate surface area is 119 Å². The molecular weight excluding hydrogens is 256 g/mol. The molecule has 0 radical (unpaired) electrons. The van der Waals surface area contributed by atoms with Crippen LogP contribution in [0.1, 0.15) is 30.3 Å². The molecule has 0 saturated carbocycles. The number of likely N-dealkylation sites (N-methyl/N-ethyl adjacent to an activating group) is 1. The summed E-state index contributed by atoms with van der Waals surface area (Å²) in [6.45, 7) is 7.85. The normalized spacial score (nSPS) is 21.0. The first-order chi connectivity index (χ1) is 9.35. The Morgan fingerprint density at radius 2 is 2.00 bits per heavy atom. The predicted octanol–water partition coefficient (Wildman–Crippen LogP) is 2.32. The number of aliphatic imine (C=N–C) groups is 1. The van der Waals surface area contributed by atoms with Gasteiger partial charge in [-0.25, -0.2) is 9.98 Å². The predicted molar refractivity (Wildman–Crippen MR) is 80.6 cm³/mol. The number of thiazole rings is 1. The second kappa shape index (κ2) is 6.01. The van der Waals surface area contributed by atoms with Crippen molar-refractivity contribution in [2.24, 2.45) is 4.99 Å². The highest BCUT2D eigenvalue weighted by Crippen LogP contribution is 2.30. The van der Waals surface area contributed by atoms with Crippen molar-refractivity contribution in [3.05, 3.63) is 10.6 Å². The maximum Gasteiger partial charge on any atom is 0.210 e. The lowest BCUT2D eigenvalue weighted by atomic mass is 10.0. The Morgan fingerprint density at radius 1 is 1.21 bits per heavy atom. The summed E-state index contributed by atoms with van der Waals surface area (Å²) in [5, 5.41) is 0.949. The molecule has 0 unspecified atom stereocenters. The van der Waals surface area contributed by atoms with E-state index in [4.69, 9.17) is 0 Å². The summed E-state index contributed by atoms with van der Waals surface area (Å²) in [5.74, 6) is 0. The number of rotatable bonds is 3. The topological polar surface area (TPSA) is 31.7 Å². The quantitative estimate of drug-likeness (QED) is 0.628. The van der Waals surface area contributed by atoms with E-state index in [1.54, 1.807) is 11.3 Å². The van der Waals surface area contributed by atoms with Crippen molar-refractivity contribution < 1.29 is 0 Å². The third-order valence-corrected chi connectivity index (χ3v) is 5.09. The molecule has 1 fully saturated rings. The molecule has 0 aromatic carbocycles. The number of piperazine rings is 1. The van der Waals surface area contributed by atoms with Crippen LogP contribution in [-0.4, -0.2) is 53.8 Å². The molecule has 1 aliphatic carbocycles. The Balaban J connectivity index is 1.59. The average Bonchev–Trinajstić information content (AvgIpc) is 2.88. The summed E-state index contributed by atoms with van der Waals surface area (Å²) in [6, 6.07) is 0. The third-order valence-electron chi connectivity index (χ3n) is 4.02. The van der Waals surface area contributed by atoms with E-state index >= 15 is 0 Å². The lowest BCUT2D eigenvalue weighted by Gasteiger charge is -2.32. The van der Waals surface area contributed by atoms with E-state index in [1.807, 2.05) is 6.34 Å². The first-order valence-corrected chi connectivity index (χ1v) is 8.16. The standard InChI is InChI=1S/C14H22N4S/c1-2-17-7-9-18(10-8-17)11-15-14-16-12-5-3-4-6-13(12)19-14/h11H,2-10H2,1H3/b15-11+. The van der Waals surface area contributed by atoms with Crippen molar-refractivity contribution in [2.45, 2.75) is 32.6 Å². The molecule has 0 amide bonds. The first kappa shape index (κ1) is 13.1. The fraction of sp³-hybridized carbons (Fsp3) is 0.714. The number of aromatic nitrogens is 1. The maximum absolute atomic E-state index is 4.65. The fourth-order valence-electron chi connectivity index (χ4n) is 2.72. The fourth-order valence-corrected chi connectivity index (χ4v) is 3.71. The van der Waals surface area contributed by atoms with Crippen molar-refractivity contribution in [2.75, 3.05) is 32.7 Å². The van der Waals surface area contributed by atoms with Gasteiger partial charge in [-0.1, -0.05) is 18.3 Å². The van der Waals surface area contributed by atoms with Gasteiger partial charge >= 0.3 is 0 Å². The monoisotopic (exact) mass is 278 g/mol. The molecule has 5 heteroatoms. The SMILES string of the molecule is CCN1CCN(/C=N/c2nc3c(s2)CCCC3)CC1. The van der Waals surface area contributed by atoms with Crippen LogP contribution in [0.5, 0.6) is 0 Å². The lowest BCUT2D eigenvalue weighted by Crippen LogP contribution is -2.45. The number of hydrogen-bond donors (Lipinski definition) is 0. The van der Waals surface area contributed by atoms with Gasteiger partial charge in [-0.3, -0.25) is 0 Å². The molecule has 0 spiro atoms. The van der Waals surface area contributed by atoms with E-state index in [1.165, 1.54) is 29.8 Å². The average molecular weight is 278 g/mol. The second-order valence-electron chi connectivity index (χ2n) is 5.29. The Bertz CT molecular complexity index is 423. The molecule has 0 atom stereocenters. The summed E-state index contributed by atoms with van der Waals surface area (Å²) in [7, 11) is 0. The number of nitrogens with zero attached hydrogens (tertiary/aromatic N) is 4. The molecule has 4 nitrogen and oxygen atoms in total. The van der Waals surface area contributed by atoms with Gasteiger partial charge in [-0.2, -0.15) is 0 Å². The van der Waals surface area contributed by atoms with Gasteiger partial charge in [0.25, 0.3) is 0 Å². The van der Waals surface area contributed by atoms with E-state index < -0.39 is 0 Å². The highest BCUT2D eigenvalue weighted by atomic mass is 32.1. The lowest BCUT2D eigenvalue weighted by molar-refractivity contribution is 0.193. The van der Waals surface area contributed by atoms with E-state index in [-0.39, 0.29) is 0 Å². The Kier molecular flexibility index (Phi) is 4.13. The molecule has 0 bridgehead atoms. The van der Waals surface area contributed by atoms with Gasteiger partial charge in [0.15, 0.2) is 0 Å². The molecule has 0 N–H and O–H groups in total. The minimum absolute atomic E-state index is 0.949. The van der Waals surface area contributed by atoms with Crippen molar-refractivity contribution in [1.29, 1.82) is 0 Å².